The summed E-state index contributed by atoms with van der Waals surface area (Å²) in [7, 11) is 7.52. The standard InChI is InChI=1S/C22H49O6Si3/c1-23-29(24-2)19-13-7-10-16-22(17-11-8-14-20-30(25-3)26-4)18-12-9-15-21-31(27-5)28-6/h22H,7-21H2,1-6H3. The van der Waals surface area contributed by atoms with Crippen LogP contribution >= 0.6 is 0 Å². The van der Waals surface area contributed by atoms with E-state index in [1.807, 2.05) is 0 Å². The molecule has 31 heavy (non-hydrogen) atoms. The average molecular weight is 494 g/mol. The van der Waals surface area contributed by atoms with Crippen LogP contribution in [0.15, 0.2) is 0 Å². The monoisotopic (exact) mass is 493 g/mol. The zero-order valence-electron chi connectivity index (χ0n) is 21.1. The number of hydrogen-bond acceptors (Lipinski definition) is 6. The lowest BCUT2D eigenvalue weighted by Crippen LogP contribution is -2.18. The van der Waals surface area contributed by atoms with Crippen molar-refractivity contribution in [3.63, 3.8) is 0 Å². The van der Waals surface area contributed by atoms with Gasteiger partial charge < -0.3 is 26.6 Å². The fourth-order valence-electron chi connectivity index (χ4n) is 3.93. The molecule has 0 amide bonds. The summed E-state index contributed by atoms with van der Waals surface area (Å²) in [6.45, 7) is 0. The zero-order chi connectivity index (χ0) is 23.2. The molecule has 0 unspecified atom stereocenters. The second-order valence-corrected chi connectivity index (χ2v) is 14.2. The SMILES string of the molecule is CO[Si](CCCCCC(CCCCC[Si](OC)OC)CCCCC[Si](OC)OC)OC. The van der Waals surface area contributed by atoms with Gasteiger partial charge in [-0.2, -0.15) is 0 Å². The molecular formula is C22H49O6Si3. The molecule has 0 aromatic carbocycles. The number of rotatable bonds is 24. The smallest absolute Gasteiger partial charge is 0.384 e. The van der Waals surface area contributed by atoms with E-state index in [1.54, 1.807) is 42.7 Å². The normalized spacial score (nSPS) is 12.2. The van der Waals surface area contributed by atoms with E-state index < -0.39 is 27.9 Å². The molecule has 0 fully saturated rings. The molecule has 0 saturated heterocycles. The predicted molar refractivity (Wildman–Crippen MR) is 133 cm³/mol. The highest BCUT2D eigenvalue weighted by Gasteiger charge is 2.15. The van der Waals surface area contributed by atoms with Crippen molar-refractivity contribution in [1.82, 2.24) is 0 Å². The second kappa shape index (κ2) is 23.6. The minimum absolute atomic E-state index is 0.860. The van der Waals surface area contributed by atoms with Crippen LogP contribution in [0.1, 0.15) is 77.0 Å². The van der Waals surface area contributed by atoms with Gasteiger partial charge in [0, 0.05) is 42.7 Å². The fraction of sp³-hybridized carbons (Fsp3) is 1.00. The Morgan fingerprint density at radius 1 is 0.387 bits per heavy atom. The third kappa shape index (κ3) is 18.5. The van der Waals surface area contributed by atoms with Crippen LogP contribution in [0, 0.1) is 5.92 Å². The van der Waals surface area contributed by atoms with Gasteiger partial charge in [0.1, 0.15) is 0 Å². The Hall–Kier alpha value is 0.411. The highest BCUT2D eigenvalue weighted by atomic mass is 28.3. The van der Waals surface area contributed by atoms with Crippen LogP contribution in [0.4, 0.5) is 0 Å². The molecule has 185 valence electrons. The van der Waals surface area contributed by atoms with Crippen molar-refractivity contribution in [1.29, 1.82) is 0 Å². The highest BCUT2D eigenvalue weighted by molar-refractivity contribution is 6.44. The predicted octanol–water partition coefficient (Wildman–Crippen LogP) is 5.63. The molecule has 0 aliphatic carbocycles. The first-order valence-electron chi connectivity index (χ1n) is 12.0. The summed E-state index contributed by atoms with van der Waals surface area (Å²) in [6, 6.07) is 3.27. The first kappa shape index (κ1) is 31.4. The van der Waals surface area contributed by atoms with Crippen molar-refractivity contribution in [2.24, 2.45) is 5.92 Å². The molecular weight excluding hydrogens is 444 g/mol. The van der Waals surface area contributed by atoms with Crippen LogP contribution < -0.4 is 0 Å². The van der Waals surface area contributed by atoms with E-state index in [1.165, 1.54) is 77.0 Å². The number of hydrogen-bond donors (Lipinski definition) is 0. The first-order valence-corrected chi connectivity index (χ1v) is 16.5. The van der Waals surface area contributed by atoms with Gasteiger partial charge in [0.2, 0.25) is 0 Å². The van der Waals surface area contributed by atoms with Crippen molar-refractivity contribution in [2.45, 2.75) is 95.2 Å². The molecule has 0 aromatic rings. The van der Waals surface area contributed by atoms with Gasteiger partial charge in [0.05, 0.1) is 0 Å². The molecule has 6 nitrogen and oxygen atoms in total. The Morgan fingerprint density at radius 2 is 0.645 bits per heavy atom. The van der Waals surface area contributed by atoms with Crippen molar-refractivity contribution < 1.29 is 26.6 Å². The van der Waals surface area contributed by atoms with E-state index in [-0.39, 0.29) is 0 Å². The van der Waals surface area contributed by atoms with Gasteiger partial charge in [-0.1, -0.05) is 77.0 Å². The molecule has 0 spiro atoms. The van der Waals surface area contributed by atoms with E-state index in [2.05, 4.69) is 0 Å². The molecule has 0 aliphatic rings. The van der Waals surface area contributed by atoms with Crippen molar-refractivity contribution in [2.75, 3.05) is 42.7 Å². The maximum atomic E-state index is 5.39. The Balaban J connectivity index is 4.13. The van der Waals surface area contributed by atoms with Crippen molar-refractivity contribution >= 4 is 27.9 Å². The minimum Gasteiger partial charge on any atom is -0.397 e. The van der Waals surface area contributed by atoms with Gasteiger partial charge >= 0.3 is 27.9 Å². The topological polar surface area (TPSA) is 55.4 Å². The summed E-state index contributed by atoms with van der Waals surface area (Å²) in [6.07, 6.45) is 15.6. The second-order valence-electron chi connectivity index (χ2n) is 8.00. The minimum atomic E-state index is -1.02. The van der Waals surface area contributed by atoms with Crippen molar-refractivity contribution in [3.05, 3.63) is 0 Å². The average Bonchev–Trinajstić information content (AvgIpc) is 2.80. The Morgan fingerprint density at radius 3 is 0.871 bits per heavy atom. The van der Waals surface area contributed by atoms with Gasteiger partial charge in [-0.3, -0.25) is 0 Å². The molecule has 3 radical (unpaired) electrons. The fourth-order valence-corrected chi connectivity index (χ4v) is 7.27. The third-order valence-corrected chi connectivity index (χ3v) is 10.9. The van der Waals surface area contributed by atoms with E-state index in [0.29, 0.717) is 0 Å². The van der Waals surface area contributed by atoms with Crippen LogP contribution in [0.25, 0.3) is 0 Å². The molecule has 0 bridgehead atoms. The summed E-state index contributed by atoms with van der Waals surface area (Å²) < 4.78 is 32.4. The molecule has 0 heterocycles. The number of unbranched alkanes of at least 4 members (excludes halogenated alkanes) is 6. The van der Waals surface area contributed by atoms with Crippen LogP contribution in [0.2, 0.25) is 18.1 Å². The quantitative estimate of drug-likeness (QED) is 0.128. The largest absolute Gasteiger partial charge is 0.397 e. The summed E-state index contributed by atoms with van der Waals surface area (Å²) in [5, 5.41) is 0. The summed E-state index contributed by atoms with van der Waals surface area (Å²) >= 11 is 0. The van der Waals surface area contributed by atoms with E-state index in [4.69, 9.17) is 26.6 Å². The Bertz CT molecular complexity index is 304. The molecule has 0 N–H and O–H groups in total. The molecule has 0 aromatic heterocycles. The zero-order valence-corrected chi connectivity index (χ0v) is 24.1. The van der Waals surface area contributed by atoms with E-state index in [0.717, 1.165) is 24.1 Å². The van der Waals surface area contributed by atoms with Crippen molar-refractivity contribution in [3.8, 4) is 0 Å². The first-order chi connectivity index (χ1) is 15.1. The summed E-state index contributed by atoms with van der Waals surface area (Å²) in [5.74, 6) is 0.860. The molecule has 0 rings (SSSR count). The van der Waals surface area contributed by atoms with Crippen LogP contribution in [0.3, 0.4) is 0 Å². The Kier molecular flexibility index (Phi) is 23.9. The molecule has 9 heteroatoms. The van der Waals surface area contributed by atoms with Gasteiger partial charge in [0.25, 0.3) is 0 Å². The maximum Gasteiger partial charge on any atom is 0.384 e. The van der Waals surface area contributed by atoms with Crippen LogP contribution in [-0.4, -0.2) is 70.5 Å². The van der Waals surface area contributed by atoms with Gasteiger partial charge in [-0.25, -0.2) is 0 Å². The lowest BCUT2D eigenvalue weighted by Gasteiger charge is -2.18. The molecule has 0 aliphatic heterocycles. The van der Waals surface area contributed by atoms with Gasteiger partial charge in [-0.05, 0) is 24.1 Å². The Labute approximate surface area is 198 Å². The summed E-state index contributed by atoms with van der Waals surface area (Å²) in [5.41, 5.74) is 0. The lowest BCUT2D eigenvalue weighted by molar-refractivity contribution is 0.275. The molecule has 0 saturated carbocycles. The maximum absolute atomic E-state index is 5.39. The molecule has 0 atom stereocenters. The summed E-state index contributed by atoms with van der Waals surface area (Å²) in [4.78, 5) is 0. The van der Waals surface area contributed by atoms with Gasteiger partial charge in [-0.15, -0.1) is 0 Å². The lowest BCUT2D eigenvalue weighted by atomic mass is 9.90. The third-order valence-electron chi connectivity index (χ3n) is 5.85. The van der Waals surface area contributed by atoms with Crippen LogP contribution in [-0.2, 0) is 26.6 Å². The van der Waals surface area contributed by atoms with Crippen LogP contribution in [0.5, 0.6) is 0 Å². The van der Waals surface area contributed by atoms with Gasteiger partial charge in [0.15, 0.2) is 0 Å². The van der Waals surface area contributed by atoms with E-state index >= 15 is 0 Å². The highest BCUT2D eigenvalue weighted by Crippen LogP contribution is 2.25. The van der Waals surface area contributed by atoms with E-state index in [9.17, 15) is 0 Å².